The molecule has 0 radical (unpaired) electrons. The van der Waals surface area contributed by atoms with Gasteiger partial charge in [-0.3, -0.25) is 9.78 Å². The number of carbonyl (C=O) groups excluding carboxylic acids is 1. The van der Waals surface area contributed by atoms with Crippen LogP contribution in [0.5, 0.6) is 0 Å². The number of fused-ring (bicyclic) bond motifs is 1. The molecular formula is C26H24N2O4S. The van der Waals surface area contributed by atoms with E-state index in [2.05, 4.69) is 10.3 Å². The Morgan fingerprint density at radius 2 is 1.55 bits per heavy atom. The molecule has 0 unspecified atom stereocenters. The smallest absolute Gasteiger partial charge is 0.251 e. The number of hydrogen-bond donors (Lipinski definition) is 1. The van der Waals surface area contributed by atoms with Crippen LogP contribution in [0, 0.1) is 0 Å². The molecule has 4 aromatic rings. The third-order valence-corrected chi connectivity index (χ3v) is 7.08. The Morgan fingerprint density at radius 1 is 0.879 bits per heavy atom. The molecule has 1 amide bonds. The van der Waals surface area contributed by atoms with Crippen molar-refractivity contribution in [1.82, 2.24) is 10.3 Å². The molecule has 3 aromatic carbocycles. The van der Waals surface area contributed by atoms with Gasteiger partial charge in [0.25, 0.3) is 5.91 Å². The second kappa shape index (κ2) is 9.94. The zero-order valence-corrected chi connectivity index (χ0v) is 19.0. The lowest BCUT2D eigenvalue weighted by molar-refractivity contribution is 0.0951. The minimum Gasteiger partial charge on any atom is -0.377 e. The lowest BCUT2D eigenvalue weighted by atomic mass is 10.1. The van der Waals surface area contributed by atoms with Crippen LogP contribution in [0.3, 0.4) is 0 Å². The van der Waals surface area contributed by atoms with E-state index in [9.17, 15) is 13.2 Å². The fourth-order valence-electron chi connectivity index (χ4n) is 3.42. The molecule has 1 aromatic heterocycles. The fraction of sp³-hybridized carbons (Fsp3) is 0.154. The summed E-state index contributed by atoms with van der Waals surface area (Å²) in [7, 11) is -3.62. The SMILES string of the molecule is CCOCc1ccc(S(=O)(=O)c2ccc(CNC(=O)c3ccc4ccncc4c3)cc2)cc1. The van der Waals surface area contributed by atoms with Crippen molar-refractivity contribution in [2.45, 2.75) is 29.9 Å². The normalized spacial score (nSPS) is 11.4. The number of ether oxygens (including phenoxy) is 1. The molecule has 0 saturated heterocycles. The van der Waals surface area contributed by atoms with Gasteiger partial charge in [-0.05, 0) is 65.9 Å². The van der Waals surface area contributed by atoms with Crippen LogP contribution in [-0.4, -0.2) is 25.9 Å². The molecule has 0 aliphatic carbocycles. The molecule has 4 rings (SSSR count). The average Bonchev–Trinajstić information content (AvgIpc) is 2.86. The van der Waals surface area contributed by atoms with Gasteiger partial charge >= 0.3 is 0 Å². The molecular weight excluding hydrogens is 436 g/mol. The van der Waals surface area contributed by atoms with Crippen molar-refractivity contribution in [3.8, 4) is 0 Å². The third kappa shape index (κ3) is 5.27. The van der Waals surface area contributed by atoms with Gasteiger partial charge in [-0.2, -0.15) is 0 Å². The fourth-order valence-corrected chi connectivity index (χ4v) is 4.68. The van der Waals surface area contributed by atoms with E-state index in [1.807, 2.05) is 19.1 Å². The molecule has 168 valence electrons. The summed E-state index contributed by atoms with van der Waals surface area (Å²) in [5, 5.41) is 4.78. The highest BCUT2D eigenvalue weighted by Gasteiger charge is 2.17. The Balaban J connectivity index is 1.41. The monoisotopic (exact) mass is 460 g/mol. The number of benzene rings is 3. The van der Waals surface area contributed by atoms with Crippen molar-refractivity contribution in [3.05, 3.63) is 102 Å². The first-order valence-corrected chi connectivity index (χ1v) is 12.1. The zero-order valence-electron chi connectivity index (χ0n) is 18.2. The molecule has 0 atom stereocenters. The van der Waals surface area contributed by atoms with E-state index in [0.29, 0.717) is 18.8 Å². The summed E-state index contributed by atoms with van der Waals surface area (Å²) >= 11 is 0. The summed E-state index contributed by atoms with van der Waals surface area (Å²) in [5.41, 5.74) is 2.27. The van der Waals surface area contributed by atoms with E-state index < -0.39 is 9.84 Å². The molecule has 1 heterocycles. The summed E-state index contributed by atoms with van der Waals surface area (Å²) in [6.07, 6.45) is 3.43. The van der Waals surface area contributed by atoms with Gasteiger partial charge < -0.3 is 10.1 Å². The summed E-state index contributed by atoms with van der Waals surface area (Å²) in [5.74, 6) is -0.204. The summed E-state index contributed by atoms with van der Waals surface area (Å²) in [4.78, 5) is 17.1. The van der Waals surface area contributed by atoms with Crippen LogP contribution < -0.4 is 5.32 Å². The Kier molecular flexibility index (Phi) is 6.82. The van der Waals surface area contributed by atoms with E-state index in [4.69, 9.17) is 4.74 Å². The Hall–Kier alpha value is -3.55. The molecule has 1 N–H and O–H groups in total. The van der Waals surface area contributed by atoms with Gasteiger partial charge in [0.2, 0.25) is 9.84 Å². The lowest BCUT2D eigenvalue weighted by Gasteiger charge is -2.09. The summed E-state index contributed by atoms with van der Waals surface area (Å²) in [6, 6.07) is 20.6. The maximum absolute atomic E-state index is 12.9. The Bertz CT molecular complexity index is 1370. The van der Waals surface area contributed by atoms with E-state index in [1.165, 1.54) is 0 Å². The van der Waals surface area contributed by atoms with Crippen LogP contribution in [-0.2, 0) is 27.7 Å². The van der Waals surface area contributed by atoms with Gasteiger partial charge in [-0.15, -0.1) is 0 Å². The molecule has 0 bridgehead atoms. The molecule has 7 heteroatoms. The molecule has 0 fully saturated rings. The van der Waals surface area contributed by atoms with Crippen LogP contribution in [0.2, 0.25) is 0 Å². The van der Waals surface area contributed by atoms with Gasteiger partial charge in [0.05, 0.1) is 16.4 Å². The van der Waals surface area contributed by atoms with Crippen molar-refractivity contribution in [2.75, 3.05) is 6.61 Å². The predicted molar refractivity (Wildman–Crippen MR) is 127 cm³/mol. The molecule has 33 heavy (non-hydrogen) atoms. The first-order chi connectivity index (χ1) is 16.0. The van der Waals surface area contributed by atoms with Crippen LogP contribution in [0.4, 0.5) is 0 Å². The van der Waals surface area contributed by atoms with Gasteiger partial charge in [0.1, 0.15) is 0 Å². The van der Waals surface area contributed by atoms with Gasteiger partial charge in [-0.1, -0.05) is 30.3 Å². The number of pyridine rings is 1. The lowest BCUT2D eigenvalue weighted by Crippen LogP contribution is -2.22. The second-order valence-electron chi connectivity index (χ2n) is 7.55. The number of aromatic nitrogens is 1. The van der Waals surface area contributed by atoms with Crippen molar-refractivity contribution in [1.29, 1.82) is 0 Å². The number of hydrogen-bond acceptors (Lipinski definition) is 5. The maximum atomic E-state index is 12.9. The van der Waals surface area contributed by atoms with Crippen molar-refractivity contribution in [3.63, 3.8) is 0 Å². The average molecular weight is 461 g/mol. The molecule has 0 spiro atoms. The Morgan fingerprint density at radius 3 is 2.21 bits per heavy atom. The first-order valence-electron chi connectivity index (χ1n) is 10.6. The molecule has 0 aliphatic heterocycles. The largest absolute Gasteiger partial charge is 0.377 e. The number of nitrogens with zero attached hydrogens (tertiary/aromatic N) is 1. The van der Waals surface area contributed by atoms with Gasteiger partial charge in [0, 0.05) is 36.5 Å². The molecule has 0 aliphatic rings. The number of sulfone groups is 1. The van der Waals surface area contributed by atoms with E-state index >= 15 is 0 Å². The quantitative estimate of drug-likeness (QED) is 0.417. The summed E-state index contributed by atoms with van der Waals surface area (Å²) in [6.45, 7) is 3.26. The predicted octanol–water partition coefficient (Wildman–Crippen LogP) is 4.53. The first kappa shape index (κ1) is 22.6. The highest BCUT2D eigenvalue weighted by atomic mass is 32.2. The van der Waals surface area contributed by atoms with Crippen molar-refractivity contribution >= 4 is 26.5 Å². The topological polar surface area (TPSA) is 85.4 Å². The standard InChI is InChI=1S/C26H24N2O4S/c1-2-32-18-20-5-11-25(12-6-20)33(30,31)24-9-3-19(4-10-24)16-28-26(29)22-8-7-21-13-14-27-17-23(21)15-22/h3-15,17H,2,16,18H2,1H3,(H,28,29). The molecule has 0 saturated carbocycles. The maximum Gasteiger partial charge on any atom is 0.251 e. The molecule has 6 nitrogen and oxygen atoms in total. The van der Waals surface area contributed by atoms with Crippen LogP contribution in [0.15, 0.2) is 95.0 Å². The minimum atomic E-state index is -3.62. The third-order valence-electron chi connectivity index (χ3n) is 5.30. The van der Waals surface area contributed by atoms with Gasteiger partial charge in [0.15, 0.2) is 0 Å². The van der Waals surface area contributed by atoms with Gasteiger partial charge in [-0.25, -0.2) is 8.42 Å². The number of nitrogens with one attached hydrogen (secondary N) is 1. The highest BCUT2D eigenvalue weighted by molar-refractivity contribution is 7.91. The van der Waals surface area contributed by atoms with E-state index in [-0.39, 0.29) is 22.2 Å². The highest BCUT2D eigenvalue weighted by Crippen LogP contribution is 2.22. The van der Waals surface area contributed by atoms with Crippen LogP contribution in [0.25, 0.3) is 10.8 Å². The second-order valence-corrected chi connectivity index (χ2v) is 9.50. The van der Waals surface area contributed by atoms with Crippen molar-refractivity contribution < 1.29 is 17.9 Å². The van der Waals surface area contributed by atoms with Crippen LogP contribution in [0.1, 0.15) is 28.4 Å². The Labute approximate surface area is 193 Å². The number of amides is 1. The number of carbonyl (C=O) groups is 1. The number of rotatable bonds is 8. The van der Waals surface area contributed by atoms with Crippen LogP contribution >= 0.6 is 0 Å². The minimum absolute atomic E-state index is 0.204. The zero-order chi connectivity index (χ0) is 23.3. The van der Waals surface area contributed by atoms with E-state index in [1.54, 1.807) is 73.1 Å². The summed E-state index contributed by atoms with van der Waals surface area (Å²) < 4.78 is 31.2. The van der Waals surface area contributed by atoms with E-state index in [0.717, 1.165) is 21.9 Å². The van der Waals surface area contributed by atoms with Crippen molar-refractivity contribution in [2.24, 2.45) is 0 Å².